The number of nitrogens with zero attached hydrogens (tertiary/aromatic N) is 2. The number of rotatable bonds is 6. The summed E-state index contributed by atoms with van der Waals surface area (Å²) in [4.78, 5) is 7.34. The fourth-order valence-corrected chi connectivity index (χ4v) is 6.26. The molecule has 174 valence electrons. The highest BCUT2D eigenvalue weighted by Crippen LogP contribution is 2.45. The molecule has 0 saturated carbocycles. The van der Waals surface area contributed by atoms with Gasteiger partial charge in [0.25, 0.3) is 0 Å². The lowest BCUT2D eigenvalue weighted by Gasteiger charge is -2.52. The van der Waals surface area contributed by atoms with Gasteiger partial charge in [0.05, 0.1) is 18.7 Å². The summed E-state index contributed by atoms with van der Waals surface area (Å²) in [5.74, 6) is 3.38. The fourth-order valence-electron chi connectivity index (χ4n) is 6.26. The molecule has 3 aliphatic heterocycles. The lowest BCUT2D eigenvalue weighted by atomic mass is 9.72. The van der Waals surface area contributed by atoms with Crippen molar-refractivity contribution in [2.24, 2.45) is 11.8 Å². The quantitative estimate of drug-likeness (QED) is 0.329. The van der Waals surface area contributed by atoms with E-state index in [4.69, 9.17) is 9.47 Å². The van der Waals surface area contributed by atoms with E-state index in [0.717, 1.165) is 46.2 Å². The van der Waals surface area contributed by atoms with Crippen molar-refractivity contribution in [1.29, 1.82) is 0 Å². The van der Waals surface area contributed by atoms with Gasteiger partial charge in [0.2, 0.25) is 0 Å². The Labute approximate surface area is 201 Å². The average molecular weight is 453 g/mol. The van der Waals surface area contributed by atoms with E-state index in [1.807, 2.05) is 18.3 Å². The van der Waals surface area contributed by atoms with Crippen LogP contribution in [0.15, 0.2) is 72.9 Å². The number of aromatic nitrogens is 1. The molecule has 4 heteroatoms. The monoisotopic (exact) mass is 452 g/mol. The summed E-state index contributed by atoms with van der Waals surface area (Å²) in [7, 11) is 1.72. The zero-order valence-corrected chi connectivity index (χ0v) is 20.0. The van der Waals surface area contributed by atoms with Crippen molar-refractivity contribution in [2.45, 2.75) is 38.3 Å². The minimum atomic E-state index is -0.0796. The lowest BCUT2D eigenvalue weighted by Crippen LogP contribution is -2.56. The number of benzene rings is 3. The highest BCUT2D eigenvalue weighted by atomic mass is 16.5. The summed E-state index contributed by atoms with van der Waals surface area (Å²) in [5.41, 5.74) is 2.18. The zero-order chi connectivity index (χ0) is 23.1. The van der Waals surface area contributed by atoms with E-state index in [1.165, 1.54) is 36.8 Å². The fraction of sp³-hybridized carbons (Fsp3) is 0.367. The number of hydrogen-bond donors (Lipinski definition) is 0. The molecule has 1 unspecified atom stereocenters. The third-order valence-corrected chi connectivity index (χ3v) is 8.10. The highest BCUT2D eigenvalue weighted by molar-refractivity contribution is 5.88. The molecule has 4 heterocycles. The second-order valence-corrected chi connectivity index (χ2v) is 9.81. The summed E-state index contributed by atoms with van der Waals surface area (Å²) in [5, 5.41) is 3.48. The smallest absolute Gasteiger partial charge is 0.140 e. The Bertz CT molecular complexity index is 1310. The van der Waals surface area contributed by atoms with Crippen molar-refractivity contribution >= 4 is 21.7 Å². The molecular formula is C30H32N2O2. The number of ether oxygens (including phenoxy) is 2. The lowest BCUT2D eigenvalue weighted by molar-refractivity contribution is -0.0480. The minimum Gasteiger partial charge on any atom is -0.497 e. The maximum Gasteiger partial charge on any atom is 0.140 e. The molecule has 3 saturated heterocycles. The molecule has 0 radical (unpaired) electrons. The SMILES string of the molecule is CC[C@H]1CN2CC[C@H]1C[C@@H]2[C@@H](Oc1cccc2ccccc12)c1ccnc2ccc(OC)cc12. The van der Waals surface area contributed by atoms with Gasteiger partial charge in [-0.15, -0.1) is 0 Å². The van der Waals surface area contributed by atoms with Gasteiger partial charge in [-0.1, -0.05) is 49.7 Å². The Balaban J connectivity index is 1.48. The van der Waals surface area contributed by atoms with Crippen molar-refractivity contribution in [1.82, 2.24) is 9.88 Å². The predicted molar refractivity (Wildman–Crippen MR) is 137 cm³/mol. The van der Waals surface area contributed by atoms with Crippen LogP contribution in [0.5, 0.6) is 11.5 Å². The van der Waals surface area contributed by atoms with Crippen molar-refractivity contribution in [3.8, 4) is 11.5 Å². The molecule has 3 aromatic carbocycles. The van der Waals surface area contributed by atoms with Gasteiger partial charge in [0.1, 0.15) is 17.6 Å². The summed E-state index contributed by atoms with van der Waals surface area (Å²) in [6.45, 7) is 4.68. The molecule has 7 rings (SSSR count). The first kappa shape index (κ1) is 21.4. The standard InChI is InChI=1S/C30H32N2O2/c1-3-20-19-32-16-14-22(20)17-28(32)30(34-29-10-6-8-21-7-4-5-9-24(21)29)25-13-15-31-27-12-11-23(33-2)18-26(25)27/h4-13,15,18,20,22,28,30H,3,14,16-17,19H2,1-2H3/t20-,22-,28+,30-/m0/s1. The van der Waals surface area contributed by atoms with Crippen LogP contribution >= 0.6 is 0 Å². The largest absolute Gasteiger partial charge is 0.497 e. The van der Waals surface area contributed by atoms with E-state index in [9.17, 15) is 0 Å². The molecule has 3 fully saturated rings. The van der Waals surface area contributed by atoms with Crippen LogP contribution < -0.4 is 9.47 Å². The first-order valence-corrected chi connectivity index (χ1v) is 12.6. The van der Waals surface area contributed by atoms with Gasteiger partial charge >= 0.3 is 0 Å². The molecule has 4 nitrogen and oxygen atoms in total. The molecule has 3 aliphatic rings. The van der Waals surface area contributed by atoms with Crippen LogP contribution in [0.3, 0.4) is 0 Å². The van der Waals surface area contributed by atoms with E-state index >= 15 is 0 Å². The van der Waals surface area contributed by atoms with Crippen LogP contribution in [0.1, 0.15) is 37.9 Å². The van der Waals surface area contributed by atoms with Crippen molar-refractivity contribution in [3.63, 3.8) is 0 Å². The molecule has 0 N–H and O–H groups in total. The van der Waals surface area contributed by atoms with Gasteiger partial charge in [-0.3, -0.25) is 9.88 Å². The molecule has 34 heavy (non-hydrogen) atoms. The van der Waals surface area contributed by atoms with E-state index in [2.05, 4.69) is 71.4 Å². The molecule has 5 atom stereocenters. The van der Waals surface area contributed by atoms with Crippen molar-refractivity contribution in [2.75, 3.05) is 20.2 Å². The van der Waals surface area contributed by atoms with Gasteiger partial charge in [-0.05, 0) is 66.9 Å². The van der Waals surface area contributed by atoms with Gasteiger partial charge in [0, 0.05) is 29.1 Å². The Hall–Kier alpha value is -3.11. The Morgan fingerprint density at radius 3 is 2.74 bits per heavy atom. The van der Waals surface area contributed by atoms with Crippen LogP contribution in [0.25, 0.3) is 21.7 Å². The summed E-state index contributed by atoms with van der Waals surface area (Å²) in [6, 6.07) is 23.5. The third kappa shape index (κ3) is 3.70. The Morgan fingerprint density at radius 2 is 1.91 bits per heavy atom. The molecular weight excluding hydrogens is 420 g/mol. The topological polar surface area (TPSA) is 34.6 Å². The number of hydrogen-bond acceptors (Lipinski definition) is 4. The number of fused-ring (bicyclic) bond motifs is 5. The van der Waals surface area contributed by atoms with E-state index < -0.39 is 0 Å². The summed E-state index contributed by atoms with van der Waals surface area (Å²) in [6.07, 6.45) is 5.60. The third-order valence-electron chi connectivity index (χ3n) is 8.10. The van der Waals surface area contributed by atoms with Crippen LogP contribution in [-0.4, -0.2) is 36.1 Å². The normalized spacial score (nSPS) is 24.9. The Morgan fingerprint density at radius 1 is 1.03 bits per heavy atom. The molecule has 1 aromatic heterocycles. The van der Waals surface area contributed by atoms with Crippen LogP contribution in [0, 0.1) is 11.8 Å². The first-order chi connectivity index (χ1) is 16.7. The van der Waals surface area contributed by atoms with Gasteiger partial charge in [-0.25, -0.2) is 0 Å². The summed E-state index contributed by atoms with van der Waals surface area (Å²) < 4.78 is 12.6. The molecule has 0 spiro atoms. The molecule has 2 bridgehead atoms. The van der Waals surface area contributed by atoms with Gasteiger partial charge in [-0.2, -0.15) is 0 Å². The van der Waals surface area contributed by atoms with E-state index in [1.54, 1.807) is 7.11 Å². The second kappa shape index (κ2) is 8.92. The maximum atomic E-state index is 7.05. The Kier molecular flexibility index (Phi) is 5.62. The van der Waals surface area contributed by atoms with Crippen LogP contribution in [-0.2, 0) is 0 Å². The second-order valence-electron chi connectivity index (χ2n) is 9.81. The zero-order valence-electron chi connectivity index (χ0n) is 20.0. The van der Waals surface area contributed by atoms with Crippen LogP contribution in [0.4, 0.5) is 0 Å². The van der Waals surface area contributed by atoms with Gasteiger partial charge < -0.3 is 9.47 Å². The van der Waals surface area contributed by atoms with E-state index in [0.29, 0.717) is 6.04 Å². The van der Waals surface area contributed by atoms with Crippen molar-refractivity contribution in [3.05, 3.63) is 78.5 Å². The van der Waals surface area contributed by atoms with Crippen LogP contribution in [0.2, 0.25) is 0 Å². The first-order valence-electron chi connectivity index (χ1n) is 12.6. The average Bonchev–Trinajstić information content (AvgIpc) is 2.91. The summed E-state index contributed by atoms with van der Waals surface area (Å²) >= 11 is 0. The predicted octanol–water partition coefficient (Wildman–Crippen LogP) is 6.64. The number of pyridine rings is 1. The highest BCUT2D eigenvalue weighted by Gasteiger charge is 2.44. The van der Waals surface area contributed by atoms with Gasteiger partial charge in [0.15, 0.2) is 0 Å². The number of piperidine rings is 3. The molecule has 4 aromatic rings. The van der Waals surface area contributed by atoms with E-state index in [-0.39, 0.29) is 6.10 Å². The molecule has 0 amide bonds. The minimum absolute atomic E-state index is 0.0796. The number of methoxy groups -OCH3 is 1. The maximum absolute atomic E-state index is 7.05. The molecule has 0 aliphatic carbocycles. The van der Waals surface area contributed by atoms with Crippen molar-refractivity contribution < 1.29 is 9.47 Å².